The van der Waals surface area contributed by atoms with Gasteiger partial charge in [-0.25, -0.2) is 13.6 Å². The quantitative estimate of drug-likeness (QED) is 0.285. The molecule has 1 aromatic carbocycles. The number of hydrogen-bond acceptors (Lipinski definition) is 6. The number of imide groups is 1. The molecule has 0 bridgehead atoms. The number of carbonyl (C=O) groups is 3. The summed E-state index contributed by atoms with van der Waals surface area (Å²) in [7, 11) is 0. The van der Waals surface area contributed by atoms with Crippen molar-refractivity contribution < 1.29 is 23.2 Å². The van der Waals surface area contributed by atoms with Crippen molar-refractivity contribution in [3.8, 4) is 0 Å². The van der Waals surface area contributed by atoms with E-state index < -0.39 is 40.9 Å². The largest absolute Gasteiger partial charge is 0.323 e. The molecule has 0 radical (unpaired) electrons. The number of benzene rings is 1. The fourth-order valence-corrected chi connectivity index (χ4v) is 2.87. The van der Waals surface area contributed by atoms with Crippen molar-refractivity contribution in [2.45, 2.75) is 24.9 Å². The summed E-state index contributed by atoms with van der Waals surface area (Å²) in [4.78, 5) is 36.3. The van der Waals surface area contributed by atoms with Gasteiger partial charge in [0.1, 0.15) is 0 Å². The molecule has 1 heterocycles. The van der Waals surface area contributed by atoms with Crippen LogP contribution in [0.4, 0.5) is 19.3 Å². The minimum absolute atomic E-state index is 0.0571. The molecule has 2 aliphatic rings. The Labute approximate surface area is 152 Å². The molecule has 5 N–H and O–H groups in total. The lowest BCUT2D eigenvalue weighted by Crippen LogP contribution is -2.67. The molecule has 1 atom stereocenters. The van der Waals surface area contributed by atoms with Gasteiger partial charge in [0.05, 0.1) is 11.9 Å². The lowest BCUT2D eigenvalue weighted by Gasteiger charge is -2.40. The van der Waals surface area contributed by atoms with E-state index in [1.165, 1.54) is 6.07 Å². The lowest BCUT2D eigenvalue weighted by atomic mass is 9.75. The summed E-state index contributed by atoms with van der Waals surface area (Å²) in [5, 5.41) is 18.0. The first kappa shape index (κ1) is 18.4. The third kappa shape index (κ3) is 3.48. The molecule has 1 saturated carbocycles. The monoisotopic (exact) mass is 378 g/mol. The lowest BCUT2D eigenvalue weighted by molar-refractivity contribution is -0.133. The summed E-state index contributed by atoms with van der Waals surface area (Å²) in [5.41, 5.74) is 0.375. The molecule has 4 amide bonds. The van der Waals surface area contributed by atoms with Gasteiger partial charge in [0.25, 0.3) is 11.8 Å². The van der Waals surface area contributed by atoms with Gasteiger partial charge in [-0.1, -0.05) is 6.42 Å². The molecule has 1 unspecified atom stereocenters. The number of hydrogen-bond donors (Lipinski definition) is 5. The van der Waals surface area contributed by atoms with Gasteiger partial charge in [0, 0.05) is 12.0 Å². The Hall–Kier alpha value is -3.37. The van der Waals surface area contributed by atoms with E-state index in [1.807, 2.05) is 0 Å². The number of amides is 4. The van der Waals surface area contributed by atoms with Gasteiger partial charge < -0.3 is 16.0 Å². The van der Waals surface area contributed by atoms with Gasteiger partial charge in [-0.2, -0.15) is 5.10 Å². The highest BCUT2D eigenvalue weighted by Gasteiger charge is 2.55. The molecule has 2 fully saturated rings. The van der Waals surface area contributed by atoms with Crippen molar-refractivity contribution in [3.63, 3.8) is 0 Å². The molecule has 142 valence electrons. The Morgan fingerprint density at radius 2 is 2.04 bits per heavy atom. The minimum Gasteiger partial charge on any atom is -0.320 e. The Morgan fingerprint density at radius 1 is 1.30 bits per heavy atom. The third-order valence-electron chi connectivity index (χ3n) is 4.52. The summed E-state index contributed by atoms with van der Waals surface area (Å²) in [5.74, 6) is -3.99. The molecule has 1 aromatic rings. The van der Waals surface area contributed by atoms with Crippen LogP contribution >= 0.6 is 0 Å². The summed E-state index contributed by atoms with van der Waals surface area (Å²) < 4.78 is 26.1. The molecule has 1 saturated heterocycles. The molecule has 27 heavy (non-hydrogen) atoms. The number of nitrogens with zero attached hydrogens (tertiary/aromatic N) is 1. The van der Waals surface area contributed by atoms with Crippen molar-refractivity contribution in [3.05, 3.63) is 29.8 Å². The Balaban J connectivity index is 1.77. The van der Waals surface area contributed by atoms with Crippen LogP contribution in [0.5, 0.6) is 0 Å². The number of rotatable bonds is 6. The molecule has 0 aromatic heterocycles. The maximum absolute atomic E-state index is 13.2. The number of carbonyl (C=O) groups excluding carboxylic acids is 3. The van der Waals surface area contributed by atoms with E-state index >= 15 is 0 Å². The molecular weight excluding hydrogens is 362 g/mol. The predicted molar refractivity (Wildman–Crippen MR) is 91.1 cm³/mol. The van der Waals surface area contributed by atoms with Crippen LogP contribution in [0, 0.1) is 23.0 Å². The fraction of sp³-hybridized carbons (Fsp3) is 0.312. The van der Waals surface area contributed by atoms with Crippen molar-refractivity contribution in [1.29, 1.82) is 5.41 Å². The van der Waals surface area contributed by atoms with E-state index in [1.54, 1.807) is 0 Å². The normalized spacial score (nSPS) is 22.5. The zero-order chi connectivity index (χ0) is 19.6. The van der Waals surface area contributed by atoms with Crippen LogP contribution < -0.4 is 21.4 Å². The number of anilines is 1. The summed E-state index contributed by atoms with van der Waals surface area (Å²) in [6.07, 6.45) is 2.76. The molecule has 1 aliphatic heterocycles. The number of urea groups is 1. The number of halogens is 2. The SMILES string of the molecule is N=C/C(=N\Nc1ccc(F)c(F)c1)C(=O)NC1(C2CCC2)NC(=O)NC1=O. The average Bonchev–Trinajstić information content (AvgIpc) is 2.83. The third-order valence-corrected chi connectivity index (χ3v) is 4.52. The summed E-state index contributed by atoms with van der Waals surface area (Å²) in [6, 6.07) is 2.18. The topological polar surface area (TPSA) is 136 Å². The second-order valence-electron chi connectivity index (χ2n) is 6.18. The highest BCUT2D eigenvalue weighted by atomic mass is 19.2. The minimum atomic E-state index is -1.60. The molecular formula is C16H16F2N6O3. The second kappa shape index (κ2) is 7.09. The van der Waals surface area contributed by atoms with Crippen molar-refractivity contribution in [2.24, 2.45) is 11.0 Å². The molecule has 1 aliphatic carbocycles. The van der Waals surface area contributed by atoms with Gasteiger partial charge >= 0.3 is 6.03 Å². The highest BCUT2D eigenvalue weighted by molar-refractivity contribution is 6.60. The second-order valence-corrected chi connectivity index (χ2v) is 6.18. The van der Waals surface area contributed by atoms with Crippen LogP contribution in [0.25, 0.3) is 0 Å². The molecule has 0 spiro atoms. The fourth-order valence-electron chi connectivity index (χ4n) is 2.87. The van der Waals surface area contributed by atoms with Gasteiger partial charge in [0.2, 0.25) is 0 Å². The van der Waals surface area contributed by atoms with Crippen molar-refractivity contribution in [2.75, 3.05) is 5.43 Å². The standard InChI is InChI=1S/C16H16F2N6O3/c17-10-5-4-9(6-11(10)18)23-24-12(7-19)13(25)21-16(8-2-1-3-8)14(26)20-15(27)22-16/h4-8,19,23H,1-3H2,(H,21,25)(H2,20,22,26,27)/b19-7?,24-12+. The first-order chi connectivity index (χ1) is 12.9. The van der Waals surface area contributed by atoms with Gasteiger partial charge in [0.15, 0.2) is 23.0 Å². The Bertz CT molecular complexity index is 855. The molecule has 11 heteroatoms. The number of hydrazone groups is 1. The zero-order valence-corrected chi connectivity index (χ0v) is 13.9. The van der Waals surface area contributed by atoms with E-state index in [0.29, 0.717) is 19.1 Å². The van der Waals surface area contributed by atoms with Crippen LogP contribution in [0.3, 0.4) is 0 Å². The van der Waals surface area contributed by atoms with Crippen molar-refractivity contribution in [1.82, 2.24) is 16.0 Å². The van der Waals surface area contributed by atoms with E-state index in [9.17, 15) is 23.2 Å². The van der Waals surface area contributed by atoms with E-state index in [2.05, 4.69) is 26.5 Å². The maximum atomic E-state index is 13.2. The predicted octanol–water partition coefficient (Wildman–Crippen LogP) is 0.834. The number of nitrogens with one attached hydrogen (secondary N) is 5. The van der Waals surface area contributed by atoms with Gasteiger partial charge in [-0.15, -0.1) is 0 Å². The van der Waals surface area contributed by atoms with Crippen LogP contribution in [-0.4, -0.2) is 35.4 Å². The van der Waals surface area contributed by atoms with Gasteiger partial charge in [-0.05, 0) is 25.0 Å². The first-order valence-electron chi connectivity index (χ1n) is 8.11. The zero-order valence-electron chi connectivity index (χ0n) is 13.9. The van der Waals surface area contributed by atoms with Crippen LogP contribution in [0.2, 0.25) is 0 Å². The highest BCUT2D eigenvalue weighted by Crippen LogP contribution is 2.36. The Morgan fingerprint density at radius 3 is 2.56 bits per heavy atom. The summed E-state index contributed by atoms with van der Waals surface area (Å²) in [6.45, 7) is 0. The van der Waals surface area contributed by atoms with Crippen LogP contribution in [0.1, 0.15) is 19.3 Å². The van der Waals surface area contributed by atoms with E-state index in [4.69, 9.17) is 5.41 Å². The summed E-state index contributed by atoms with van der Waals surface area (Å²) >= 11 is 0. The first-order valence-corrected chi connectivity index (χ1v) is 8.11. The van der Waals surface area contributed by atoms with Crippen LogP contribution in [0.15, 0.2) is 23.3 Å². The van der Waals surface area contributed by atoms with E-state index in [-0.39, 0.29) is 11.6 Å². The molecule has 3 rings (SSSR count). The van der Waals surface area contributed by atoms with Gasteiger partial charge in [-0.3, -0.25) is 20.3 Å². The Kier molecular flexibility index (Phi) is 4.84. The molecule has 9 nitrogen and oxygen atoms in total. The maximum Gasteiger partial charge on any atom is 0.323 e. The van der Waals surface area contributed by atoms with Crippen molar-refractivity contribution >= 4 is 35.5 Å². The average molecular weight is 378 g/mol. The van der Waals surface area contributed by atoms with Crippen LogP contribution in [-0.2, 0) is 9.59 Å². The smallest absolute Gasteiger partial charge is 0.320 e. The van der Waals surface area contributed by atoms with E-state index in [0.717, 1.165) is 18.6 Å².